The van der Waals surface area contributed by atoms with Gasteiger partial charge in [0.15, 0.2) is 5.69 Å². The smallest absolute Gasteiger partial charge is 0.278 e. The van der Waals surface area contributed by atoms with Crippen molar-refractivity contribution in [3.63, 3.8) is 0 Å². The summed E-state index contributed by atoms with van der Waals surface area (Å²) in [5, 5.41) is 11.1. The quantitative estimate of drug-likeness (QED) is 0.685. The number of para-hydroxylation sites is 1. The highest BCUT2D eigenvalue weighted by Gasteiger charge is 2.25. The minimum Gasteiger partial charge on any atom is -0.497 e. The van der Waals surface area contributed by atoms with E-state index >= 15 is 0 Å². The van der Waals surface area contributed by atoms with Crippen molar-refractivity contribution < 1.29 is 14.3 Å². The van der Waals surface area contributed by atoms with Gasteiger partial charge in [-0.25, -0.2) is 4.68 Å². The molecule has 8 nitrogen and oxygen atoms in total. The maximum absolute atomic E-state index is 13.1. The van der Waals surface area contributed by atoms with Crippen molar-refractivity contribution >= 4 is 17.5 Å². The number of carbonyl (C=O) groups is 2. The van der Waals surface area contributed by atoms with Crippen LogP contribution in [0.25, 0.3) is 5.69 Å². The predicted octanol–water partition coefficient (Wildman–Crippen LogP) is 3.38. The molecule has 31 heavy (non-hydrogen) atoms. The molecular formula is C23H25N5O3. The second kappa shape index (κ2) is 8.59. The Morgan fingerprint density at radius 1 is 1.03 bits per heavy atom. The number of ether oxygens (including phenoxy) is 1. The lowest BCUT2D eigenvalue weighted by Crippen LogP contribution is -2.29. The van der Waals surface area contributed by atoms with Crippen molar-refractivity contribution in [2.24, 2.45) is 0 Å². The number of hydrogen-bond donors (Lipinski definition) is 1. The Hall–Kier alpha value is -3.68. The molecule has 1 aliphatic rings. The van der Waals surface area contributed by atoms with Crippen LogP contribution in [0.1, 0.15) is 44.9 Å². The molecule has 0 bridgehead atoms. The van der Waals surface area contributed by atoms with Gasteiger partial charge < -0.3 is 15.0 Å². The van der Waals surface area contributed by atoms with E-state index in [1.807, 2.05) is 48.2 Å². The largest absolute Gasteiger partial charge is 0.497 e. The van der Waals surface area contributed by atoms with Crippen LogP contribution >= 0.6 is 0 Å². The third-order valence-corrected chi connectivity index (χ3v) is 5.56. The number of carbonyl (C=O) groups excluding carboxylic acids is 2. The summed E-state index contributed by atoms with van der Waals surface area (Å²) in [6.45, 7) is 5.15. The van der Waals surface area contributed by atoms with Gasteiger partial charge in [0.2, 0.25) is 0 Å². The highest BCUT2D eigenvalue weighted by Crippen LogP contribution is 2.25. The van der Waals surface area contributed by atoms with Crippen LogP contribution in [0.5, 0.6) is 5.75 Å². The van der Waals surface area contributed by atoms with E-state index in [0.29, 0.717) is 16.9 Å². The summed E-state index contributed by atoms with van der Waals surface area (Å²) < 4.78 is 6.78. The molecule has 0 spiro atoms. The SMILES string of the molecule is COc1ccc(-n2nnc(C(=O)Nc3c(C)cccc3C(=O)N3CCCC3)c2C)cc1. The molecule has 1 aliphatic heterocycles. The number of likely N-dealkylation sites (tertiary alicyclic amines) is 1. The van der Waals surface area contributed by atoms with Crippen molar-refractivity contribution in [1.29, 1.82) is 0 Å². The summed E-state index contributed by atoms with van der Waals surface area (Å²) in [7, 11) is 1.60. The fraction of sp³-hybridized carbons (Fsp3) is 0.304. The summed E-state index contributed by atoms with van der Waals surface area (Å²) in [6.07, 6.45) is 2.01. The molecule has 0 radical (unpaired) electrons. The fourth-order valence-corrected chi connectivity index (χ4v) is 3.78. The van der Waals surface area contributed by atoms with Gasteiger partial charge in [-0.15, -0.1) is 5.10 Å². The van der Waals surface area contributed by atoms with Crippen LogP contribution in [-0.2, 0) is 0 Å². The van der Waals surface area contributed by atoms with Crippen molar-refractivity contribution in [2.75, 3.05) is 25.5 Å². The lowest BCUT2D eigenvalue weighted by atomic mass is 10.1. The minimum absolute atomic E-state index is 0.0601. The summed E-state index contributed by atoms with van der Waals surface area (Å²) >= 11 is 0. The molecule has 8 heteroatoms. The summed E-state index contributed by atoms with van der Waals surface area (Å²) in [6, 6.07) is 12.8. The maximum Gasteiger partial charge on any atom is 0.278 e. The molecule has 160 valence electrons. The van der Waals surface area contributed by atoms with Gasteiger partial charge in [0.1, 0.15) is 5.75 Å². The van der Waals surface area contributed by atoms with Gasteiger partial charge in [-0.1, -0.05) is 17.3 Å². The van der Waals surface area contributed by atoms with Gasteiger partial charge in [-0.3, -0.25) is 9.59 Å². The number of hydrogen-bond acceptors (Lipinski definition) is 5. The zero-order chi connectivity index (χ0) is 22.0. The third-order valence-electron chi connectivity index (χ3n) is 5.56. The first-order chi connectivity index (χ1) is 15.0. The highest BCUT2D eigenvalue weighted by atomic mass is 16.5. The Labute approximate surface area is 180 Å². The fourth-order valence-electron chi connectivity index (χ4n) is 3.78. The molecular weight excluding hydrogens is 394 g/mol. The number of aryl methyl sites for hydroxylation is 1. The van der Waals surface area contributed by atoms with Gasteiger partial charge in [0.05, 0.1) is 29.7 Å². The normalized spacial score (nSPS) is 13.3. The first-order valence-corrected chi connectivity index (χ1v) is 10.3. The van der Waals surface area contributed by atoms with Crippen LogP contribution < -0.4 is 10.1 Å². The molecule has 2 amide bonds. The van der Waals surface area contributed by atoms with E-state index in [1.54, 1.807) is 24.8 Å². The average Bonchev–Trinajstić information content (AvgIpc) is 3.45. The second-order valence-electron chi connectivity index (χ2n) is 7.58. The molecule has 0 aliphatic carbocycles. The van der Waals surface area contributed by atoms with E-state index in [9.17, 15) is 9.59 Å². The van der Waals surface area contributed by atoms with Crippen molar-refractivity contribution in [3.05, 3.63) is 65.0 Å². The minimum atomic E-state index is -0.401. The number of anilines is 1. The van der Waals surface area contributed by atoms with Crippen LogP contribution in [0.4, 0.5) is 5.69 Å². The predicted molar refractivity (Wildman–Crippen MR) is 117 cm³/mol. The Morgan fingerprint density at radius 3 is 2.42 bits per heavy atom. The van der Waals surface area contributed by atoms with Crippen LogP contribution in [0, 0.1) is 13.8 Å². The van der Waals surface area contributed by atoms with Gasteiger partial charge in [0, 0.05) is 13.1 Å². The first kappa shape index (κ1) is 20.6. The summed E-state index contributed by atoms with van der Waals surface area (Å²) in [5.41, 5.74) is 3.41. The average molecular weight is 419 g/mol. The second-order valence-corrected chi connectivity index (χ2v) is 7.58. The zero-order valence-corrected chi connectivity index (χ0v) is 17.9. The maximum atomic E-state index is 13.1. The number of aromatic nitrogens is 3. The van der Waals surface area contributed by atoms with Crippen molar-refractivity contribution in [2.45, 2.75) is 26.7 Å². The van der Waals surface area contributed by atoms with E-state index < -0.39 is 5.91 Å². The monoisotopic (exact) mass is 419 g/mol. The molecule has 0 saturated carbocycles. The van der Waals surface area contributed by atoms with Gasteiger partial charge in [-0.2, -0.15) is 0 Å². The summed E-state index contributed by atoms with van der Waals surface area (Å²) in [4.78, 5) is 27.9. The number of amides is 2. The number of nitrogens with one attached hydrogen (secondary N) is 1. The number of methoxy groups -OCH3 is 1. The highest BCUT2D eigenvalue weighted by molar-refractivity contribution is 6.09. The molecule has 3 aromatic rings. The summed E-state index contributed by atoms with van der Waals surface area (Å²) in [5.74, 6) is 0.270. The van der Waals surface area contributed by atoms with E-state index in [-0.39, 0.29) is 11.6 Å². The van der Waals surface area contributed by atoms with E-state index in [2.05, 4.69) is 15.6 Å². The van der Waals surface area contributed by atoms with E-state index in [1.165, 1.54) is 0 Å². The van der Waals surface area contributed by atoms with Crippen LogP contribution in [0.15, 0.2) is 42.5 Å². The molecule has 2 aromatic carbocycles. The van der Waals surface area contributed by atoms with Gasteiger partial charge >= 0.3 is 0 Å². The Bertz CT molecular complexity index is 1110. The molecule has 1 aromatic heterocycles. The molecule has 1 saturated heterocycles. The molecule has 2 heterocycles. The Morgan fingerprint density at radius 2 is 1.74 bits per heavy atom. The number of benzene rings is 2. The van der Waals surface area contributed by atoms with Crippen LogP contribution in [-0.4, -0.2) is 51.9 Å². The molecule has 4 rings (SSSR count). The van der Waals surface area contributed by atoms with Crippen molar-refractivity contribution in [3.8, 4) is 11.4 Å². The van der Waals surface area contributed by atoms with Crippen molar-refractivity contribution in [1.82, 2.24) is 19.9 Å². The Kier molecular flexibility index (Phi) is 5.70. The van der Waals surface area contributed by atoms with E-state index in [0.717, 1.165) is 42.9 Å². The molecule has 0 atom stereocenters. The Balaban J connectivity index is 1.60. The number of rotatable bonds is 5. The lowest BCUT2D eigenvalue weighted by molar-refractivity contribution is 0.0793. The van der Waals surface area contributed by atoms with Gasteiger partial charge in [-0.05, 0) is 62.6 Å². The third kappa shape index (κ3) is 4.01. The van der Waals surface area contributed by atoms with E-state index in [4.69, 9.17) is 4.74 Å². The lowest BCUT2D eigenvalue weighted by Gasteiger charge is -2.19. The number of nitrogens with zero attached hydrogens (tertiary/aromatic N) is 4. The van der Waals surface area contributed by atoms with Crippen LogP contribution in [0.3, 0.4) is 0 Å². The molecule has 1 N–H and O–H groups in total. The molecule has 1 fully saturated rings. The van der Waals surface area contributed by atoms with Crippen LogP contribution in [0.2, 0.25) is 0 Å². The molecule has 0 unspecified atom stereocenters. The first-order valence-electron chi connectivity index (χ1n) is 10.3. The topological polar surface area (TPSA) is 89.3 Å². The standard InChI is InChI=1S/C23H25N5O3/c1-15-7-6-8-19(23(30)27-13-4-5-14-27)20(15)24-22(29)21-16(2)28(26-25-21)17-9-11-18(31-3)12-10-17/h6-12H,4-5,13-14H2,1-3H3,(H,24,29). The van der Waals surface area contributed by atoms with Gasteiger partial charge in [0.25, 0.3) is 11.8 Å². The zero-order valence-electron chi connectivity index (χ0n) is 17.9.